The van der Waals surface area contributed by atoms with Gasteiger partial charge in [0, 0.05) is 17.0 Å². The predicted molar refractivity (Wildman–Crippen MR) is 131 cm³/mol. The lowest BCUT2D eigenvalue weighted by Gasteiger charge is -2.12. The number of thioether (sulfide) groups is 1. The molecule has 0 atom stereocenters. The number of nitrogens with zero attached hydrogens (tertiary/aromatic N) is 5. The van der Waals surface area contributed by atoms with Crippen molar-refractivity contribution in [1.29, 1.82) is 0 Å². The second-order valence-electron chi connectivity index (χ2n) is 7.59. The minimum atomic E-state index is 0.344. The van der Waals surface area contributed by atoms with Gasteiger partial charge in [-0.25, -0.2) is 0 Å². The molecule has 180 valence electrons. The third kappa shape index (κ3) is 4.08. The molecule has 0 aliphatic heterocycles. The summed E-state index contributed by atoms with van der Waals surface area (Å²) in [6, 6.07) is 11.5. The highest BCUT2D eigenvalue weighted by Crippen LogP contribution is 2.41. The molecule has 3 aromatic heterocycles. The summed E-state index contributed by atoms with van der Waals surface area (Å²) in [6.45, 7) is 2.05. The number of hydrogen-bond donors (Lipinski definition) is 0. The maximum atomic E-state index is 5.92. The molecule has 0 spiro atoms. The van der Waals surface area contributed by atoms with Crippen LogP contribution in [0.25, 0.3) is 28.0 Å². The summed E-state index contributed by atoms with van der Waals surface area (Å²) in [7, 11) is 6.31. The van der Waals surface area contributed by atoms with Crippen molar-refractivity contribution in [2.75, 3.05) is 28.4 Å². The van der Waals surface area contributed by atoms with E-state index < -0.39 is 0 Å². The number of methoxy groups -OCH3 is 4. The molecule has 0 amide bonds. The topological polar surface area (TPSA) is 106 Å². The maximum Gasteiger partial charge on any atom is 0.248 e. The van der Waals surface area contributed by atoms with E-state index in [4.69, 9.17) is 23.4 Å². The fourth-order valence-corrected chi connectivity index (χ4v) is 4.67. The number of pyridine rings is 1. The van der Waals surface area contributed by atoms with E-state index in [1.165, 1.54) is 11.8 Å². The Hall–Kier alpha value is -3.99. The van der Waals surface area contributed by atoms with E-state index in [2.05, 4.69) is 27.3 Å². The monoisotopic (exact) mass is 493 g/mol. The van der Waals surface area contributed by atoms with Crippen molar-refractivity contribution >= 4 is 28.3 Å². The molecule has 5 rings (SSSR count). The van der Waals surface area contributed by atoms with Gasteiger partial charge in [-0.05, 0) is 42.8 Å². The Morgan fingerprint density at radius 3 is 2.31 bits per heavy atom. The van der Waals surface area contributed by atoms with E-state index in [0.29, 0.717) is 45.5 Å². The molecule has 0 radical (unpaired) electrons. The number of benzene rings is 2. The maximum absolute atomic E-state index is 5.92. The first-order valence-electron chi connectivity index (χ1n) is 10.6. The van der Waals surface area contributed by atoms with E-state index in [1.807, 2.05) is 28.7 Å². The Kier molecular flexibility index (Phi) is 6.08. The van der Waals surface area contributed by atoms with E-state index in [-0.39, 0.29) is 0 Å². The molecule has 0 N–H and O–H groups in total. The normalized spacial score (nSPS) is 11.2. The number of aryl methyl sites for hydroxylation is 1. The van der Waals surface area contributed by atoms with Crippen LogP contribution in [0.2, 0.25) is 0 Å². The molecule has 3 heterocycles. The molecule has 2 aromatic carbocycles. The van der Waals surface area contributed by atoms with Crippen molar-refractivity contribution in [2.45, 2.75) is 17.8 Å². The van der Waals surface area contributed by atoms with Gasteiger partial charge in [0.15, 0.2) is 22.3 Å². The van der Waals surface area contributed by atoms with Crippen LogP contribution in [-0.4, -0.2) is 53.2 Å². The summed E-state index contributed by atoms with van der Waals surface area (Å²) < 4.78 is 29.6. The number of hydrogen-bond acceptors (Lipinski definition) is 10. The van der Waals surface area contributed by atoms with Gasteiger partial charge in [-0.2, -0.15) is 0 Å². The second kappa shape index (κ2) is 9.34. The van der Waals surface area contributed by atoms with Crippen molar-refractivity contribution in [3.05, 3.63) is 47.9 Å². The van der Waals surface area contributed by atoms with Gasteiger partial charge in [0.2, 0.25) is 17.5 Å². The SMILES string of the molecule is COc1ccc2c(C)cc3nnc(SCc4nnc(-c5cc(OC)c(OC)c(OC)c5)o4)n3c2c1. The minimum absolute atomic E-state index is 0.344. The highest BCUT2D eigenvalue weighted by atomic mass is 32.2. The van der Waals surface area contributed by atoms with E-state index >= 15 is 0 Å². The van der Waals surface area contributed by atoms with Gasteiger partial charge in [-0.15, -0.1) is 20.4 Å². The van der Waals surface area contributed by atoms with Crippen molar-refractivity contribution in [1.82, 2.24) is 24.8 Å². The lowest BCUT2D eigenvalue weighted by atomic mass is 10.1. The van der Waals surface area contributed by atoms with Gasteiger partial charge in [-0.3, -0.25) is 4.40 Å². The Balaban J connectivity index is 1.45. The summed E-state index contributed by atoms with van der Waals surface area (Å²) in [6.07, 6.45) is 0. The van der Waals surface area contributed by atoms with Gasteiger partial charge in [0.25, 0.3) is 0 Å². The van der Waals surface area contributed by atoms with Crippen LogP contribution in [-0.2, 0) is 5.75 Å². The zero-order chi connectivity index (χ0) is 24.5. The van der Waals surface area contributed by atoms with Crippen molar-refractivity contribution < 1.29 is 23.4 Å². The van der Waals surface area contributed by atoms with Crippen LogP contribution in [0.1, 0.15) is 11.5 Å². The molecule has 11 heteroatoms. The summed E-state index contributed by atoms with van der Waals surface area (Å²) in [5, 5.41) is 18.9. The van der Waals surface area contributed by atoms with Crippen molar-refractivity contribution in [2.24, 2.45) is 0 Å². The zero-order valence-corrected chi connectivity index (χ0v) is 20.7. The van der Waals surface area contributed by atoms with Gasteiger partial charge >= 0.3 is 0 Å². The quantitative estimate of drug-likeness (QED) is 0.285. The molecule has 0 aliphatic rings. The van der Waals surface area contributed by atoms with Gasteiger partial charge in [0.05, 0.1) is 39.7 Å². The molecule has 10 nitrogen and oxygen atoms in total. The van der Waals surface area contributed by atoms with Crippen molar-refractivity contribution in [3.8, 4) is 34.5 Å². The van der Waals surface area contributed by atoms with Gasteiger partial charge in [0.1, 0.15) is 5.75 Å². The average molecular weight is 494 g/mol. The Morgan fingerprint density at radius 2 is 1.63 bits per heavy atom. The Bertz CT molecular complexity index is 1510. The van der Waals surface area contributed by atoms with E-state index in [0.717, 1.165) is 27.9 Å². The molecule has 35 heavy (non-hydrogen) atoms. The molecular weight excluding hydrogens is 470 g/mol. The zero-order valence-electron chi connectivity index (χ0n) is 19.9. The van der Waals surface area contributed by atoms with Gasteiger partial charge in [-0.1, -0.05) is 11.8 Å². The van der Waals surface area contributed by atoms with Crippen LogP contribution in [0, 0.1) is 6.92 Å². The fraction of sp³-hybridized carbons (Fsp3) is 0.250. The molecule has 0 unspecified atom stereocenters. The van der Waals surface area contributed by atoms with Gasteiger partial charge < -0.3 is 23.4 Å². The average Bonchev–Trinajstić information content (AvgIpc) is 3.53. The molecule has 0 saturated carbocycles. The lowest BCUT2D eigenvalue weighted by molar-refractivity contribution is 0.324. The van der Waals surface area contributed by atoms with Crippen LogP contribution >= 0.6 is 11.8 Å². The first-order valence-corrected chi connectivity index (χ1v) is 11.6. The lowest BCUT2D eigenvalue weighted by Crippen LogP contribution is -1.95. The van der Waals surface area contributed by atoms with Crippen LogP contribution in [0.3, 0.4) is 0 Å². The number of ether oxygens (including phenoxy) is 4. The van der Waals surface area contributed by atoms with Crippen LogP contribution in [0.15, 0.2) is 46.0 Å². The number of rotatable bonds is 8. The summed E-state index contributed by atoms with van der Waals surface area (Å²) in [5.74, 6) is 3.47. The summed E-state index contributed by atoms with van der Waals surface area (Å²) in [4.78, 5) is 0. The fourth-order valence-electron chi connectivity index (χ4n) is 3.88. The molecule has 5 aromatic rings. The Labute approximate surface area is 205 Å². The molecule has 0 saturated heterocycles. The third-order valence-electron chi connectivity index (χ3n) is 5.58. The van der Waals surface area contributed by atoms with Crippen LogP contribution in [0.4, 0.5) is 0 Å². The molecular formula is C24H23N5O5S. The number of aromatic nitrogens is 5. The molecule has 0 bridgehead atoms. The van der Waals surface area contributed by atoms with Crippen molar-refractivity contribution in [3.63, 3.8) is 0 Å². The highest BCUT2D eigenvalue weighted by Gasteiger charge is 2.19. The largest absolute Gasteiger partial charge is 0.497 e. The first kappa shape index (κ1) is 22.8. The number of fused-ring (bicyclic) bond motifs is 3. The molecule has 0 fully saturated rings. The van der Waals surface area contributed by atoms with E-state index in [9.17, 15) is 0 Å². The third-order valence-corrected chi connectivity index (χ3v) is 6.49. The van der Waals surface area contributed by atoms with Crippen LogP contribution in [0.5, 0.6) is 23.0 Å². The smallest absolute Gasteiger partial charge is 0.248 e. The summed E-state index contributed by atoms with van der Waals surface area (Å²) >= 11 is 1.46. The molecule has 0 aliphatic carbocycles. The highest BCUT2D eigenvalue weighted by molar-refractivity contribution is 7.98. The summed E-state index contributed by atoms with van der Waals surface area (Å²) in [5.41, 5.74) is 3.50. The Morgan fingerprint density at radius 1 is 0.857 bits per heavy atom. The second-order valence-corrected chi connectivity index (χ2v) is 8.53. The minimum Gasteiger partial charge on any atom is -0.497 e. The predicted octanol–water partition coefficient (Wildman–Crippen LogP) is 4.57. The first-order chi connectivity index (χ1) is 17.1. The standard InChI is InChI=1S/C24H23N5O5S/c1-13-8-20-25-28-24(29(20)17-11-15(30-2)6-7-16(13)17)35-12-21-26-27-23(34-21)14-9-18(31-3)22(33-5)19(10-14)32-4/h6-11H,12H2,1-5H3. The van der Waals surface area contributed by atoms with Crippen LogP contribution < -0.4 is 18.9 Å². The van der Waals surface area contributed by atoms with E-state index in [1.54, 1.807) is 40.6 Å².